The summed E-state index contributed by atoms with van der Waals surface area (Å²) in [5.41, 5.74) is 0. The molecule has 0 spiro atoms. The molecule has 5 heteroatoms. The lowest BCUT2D eigenvalue weighted by atomic mass is 10.1. The number of hydrogen-bond donors (Lipinski definition) is 2. The summed E-state index contributed by atoms with van der Waals surface area (Å²) in [5, 5.41) is 6.08. The van der Waals surface area contributed by atoms with Crippen molar-refractivity contribution in [3.05, 3.63) is 0 Å². The van der Waals surface area contributed by atoms with Gasteiger partial charge in [0, 0.05) is 32.6 Å². The third-order valence-electron chi connectivity index (χ3n) is 2.87. The fourth-order valence-electron chi connectivity index (χ4n) is 1.84. The normalized spacial score (nSPS) is 26.2. The van der Waals surface area contributed by atoms with Crippen LogP contribution in [0.5, 0.6) is 0 Å². The van der Waals surface area contributed by atoms with Crippen molar-refractivity contribution < 1.29 is 9.59 Å². The zero-order valence-corrected chi connectivity index (χ0v) is 8.95. The molecule has 84 valence electrons. The Morgan fingerprint density at radius 3 is 2.73 bits per heavy atom. The van der Waals surface area contributed by atoms with Crippen molar-refractivity contribution >= 4 is 11.8 Å². The lowest BCUT2D eigenvalue weighted by Crippen LogP contribution is -2.59. The molecule has 2 N–H and O–H groups in total. The van der Waals surface area contributed by atoms with E-state index in [9.17, 15) is 9.59 Å². The summed E-state index contributed by atoms with van der Waals surface area (Å²) in [6.45, 7) is 3.48. The third-order valence-corrected chi connectivity index (χ3v) is 2.87. The summed E-state index contributed by atoms with van der Waals surface area (Å²) in [6, 6.07) is 0.0325. The maximum atomic E-state index is 11.8. The Morgan fingerprint density at radius 2 is 2.13 bits per heavy atom. The third kappa shape index (κ3) is 2.47. The molecule has 0 aromatic rings. The molecule has 0 aromatic carbocycles. The lowest BCUT2D eigenvalue weighted by molar-refractivity contribution is -0.140. The van der Waals surface area contributed by atoms with E-state index in [2.05, 4.69) is 10.6 Å². The van der Waals surface area contributed by atoms with Crippen molar-refractivity contribution in [1.82, 2.24) is 15.5 Å². The molecule has 0 bridgehead atoms. The van der Waals surface area contributed by atoms with Gasteiger partial charge in [0.1, 0.15) is 6.04 Å². The predicted molar refractivity (Wildman–Crippen MR) is 55.2 cm³/mol. The van der Waals surface area contributed by atoms with Crippen molar-refractivity contribution in [3.8, 4) is 0 Å². The molecule has 1 aliphatic heterocycles. The van der Waals surface area contributed by atoms with E-state index in [1.165, 1.54) is 6.92 Å². The van der Waals surface area contributed by atoms with Gasteiger partial charge in [0.15, 0.2) is 0 Å². The van der Waals surface area contributed by atoms with Crippen molar-refractivity contribution in [1.29, 1.82) is 0 Å². The molecule has 15 heavy (non-hydrogen) atoms. The minimum atomic E-state index is -0.322. The molecule has 1 saturated heterocycles. The highest BCUT2D eigenvalue weighted by molar-refractivity contribution is 5.87. The molecule has 0 radical (unpaired) electrons. The van der Waals surface area contributed by atoms with Crippen molar-refractivity contribution in [2.24, 2.45) is 0 Å². The quantitative estimate of drug-likeness (QED) is 0.621. The highest BCUT2D eigenvalue weighted by atomic mass is 16.2. The van der Waals surface area contributed by atoms with Gasteiger partial charge in [-0.25, -0.2) is 0 Å². The van der Waals surface area contributed by atoms with Gasteiger partial charge in [0.25, 0.3) is 0 Å². The Labute approximate surface area is 89.2 Å². The minimum absolute atomic E-state index is 0.0140. The SMILES string of the molecule is CC(=O)N1CCNCC1C(=O)NC1CC1. The van der Waals surface area contributed by atoms with Gasteiger partial charge in [-0.15, -0.1) is 0 Å². The van der Waals surface area contributed by atoms with Crippen LogP contribution in [0.4, 0.5) is 0 Å². The van der Waals surface area contributed by atoms with E-state index >= 15 is 0 Å². The molecular formula is C10H17N3O2. The largest absolute Gasteiger partial charge is 0.352 e. The van der Waals surface area contributed by atoms with Gasteiger partial charge in [-0.1, -0.05) is 0 Å². The molecule has 2 amide bonds. The molecule has 5 nitrogen and oxygen atoms in total. The van der Waals surface area contributed by atoms with Crippen molar-refractivity contribution in [2.75, 3.05) is 19.6 Å². The number of piperazine rings is 1. The van der Waals surface area contributed by atoms with Crippen molar-refractivity contribution in [3.63, 3.8) is 0 Å². The molecule has 2 fully saturated rings. The fraction of sp³-hybridized carbons (Fsp3) is 0.800. The van der Waals surface area contributed by atoms with E-state index in [1.54, 1.807) is 4.90 Å². The second-order valence-electron chi connectivity index (χ2n) is 4.22. The summed E-state index contributed by atoms with van der Waals surface area (Å²) in [5.74, 6) is -0.0349. The van der Waals surface area contributed by atoms with Gasteiger partial charge in [0.2, 0.25) is 11.8 Å². The molecule has 1 saturated carbocycles. The molecule has 2 rings (SSSR count). The van der Waals surface area contributed by atoms with E-state index in [4.69, 9.17) is 0 Å². The lowest BCUT2D eigenvalue weighted by Gasteiger charge is -2.34. The Bertz CT molecular complexity index is 276. The van der Waals surface area contributed by atoms with Gasteiger partial charge >= 0.3 is 0 Å². The van der Waals surface area contributed by atoms with Crippen LogP contribution in [0.1, 0.15) is 19.8 Å². The van der Waals surface area contributed by atoms with E-state index in [0.29, 0.717) is 19.1 Å². The number of carbonyl (C=O) groups excluding carboxylic acids is 2. The smallest absolute Gasteiger partial charge is 0.244 e. The maximum absolute atomic E-state index is 11.8. The molecule has 1 aliphatic carbocycles. The predicted octanol–water partition coefficient (Wildman–Crippen LogP) is -0.915. The van der Waals surface area contributed by atoms with E-state index in [-0.39, 0.29) is 17.9 Å². The number of amides is 2. The van der Waals surface area contributed by atoms with Gasteiger partial charge in [-0.2, -0.15) is 0 Å². The molecular weight excluding hydrogens is 194 g/mol. The number of rotatable bonds is 2. The van der Waals surface area contributed by atoms with Crippen LogP contribution in [0.25, 0.3) is 0 Å². The van der Waals surface area contributed by atoms with E-state index in [0.717, 1.165) is 19.4 Å². The molecule has 1 heterocycles. The summed E-state index contributed by atoms with van der Waals surface area (Å²) in [6.07, 6.45) is 2.15. The first-order chi connectivity index (χ1) is 7.18. The van der Waals surface area contributed by atoms with E-state index in [1.807, 2.05) is 0 Å². The monoisotopic (exact) mass is 211 g/mol. The van der Waals surface area contributed by atoms with Crippen molar-refractivity contribution in [2.45, 2.75) is 31.8 Å². The average Bonchev–Trinajstić information content (AvgIpc) is 3.01. The van der Waals surface area contributed by atoms with Crippen LogP contribution in [-0.4, -0.2) is 48.4 Å². The van der Waals surface area contributed by atoms with E-state index < -0.39 is 0 Å². The average molecular weight is 211 g/mol. The first kappa shape index (κ1) is 10.4. The van der Waals surface area contributed by atoms with Crippen LogP contribution < -0.4 is 10.6 Å². The van der Waals surface area contributed by atoms with Crippen LogP contribution in [-0.2, 0) is 9.59 Å². The summed E-state index contributed by atoms with van der Waals surface area (Å²) in [4.78, 5) is 24.8. The summed E-state index contributed by atoms with van der Waals surface area (Å²) >= 11 is 0. The van der Waals surface area contributed by atoms with Crippen LogP contribution in [0.3, 0.4) is 0 Å². The second kappa shape index (κ2) is 4.18. The topological polar surface area (TPSA) is 61.4 Å². The number of hydrogen-bond acceptors (Lipinski definition) is 3. The second-order valence-corrected chi connectivity index (χ2v) is 4.22. The molecule has 1 unspecified atom stereocenters. The fourth-order valence-corrected chi connectivity index (χ4v) is 1.84. The standard InChI is InChI=1S/C10H17N3O2/c1-7(14)13-5-4-11-6-9(13)10(15)12-8-2-3-8/h8-9,11H,2-6H2,1H3,(H,12,15). The first-order valence-corrected chi connectivity index (χ1v) is 5.47. The molecule has 2 aliphatic rings. The van der Waals surface area contributed by atoms with Crippen LogP contribution >= 0.6 is 0 Å². The van der Waals surface area contributed by atoms with Crippen LogP contribution in [0.2, 0.25) is 0 Å². The zero-order chi connectivity index (χ0) is 10.8. The van der Waals surface area contributed by atoms with Crippen LogP contribution in [0.15, 0.2) is 0 Å². The Morgan fingerprint density at radius 1 is 1.40 bits per heavy atom. The number of nitrogens with one attached hydrogen (secondary N) is 2. The Balaban J connectivity index is 1.96. The molecule has 0 aromatic heterocycles. The van der Waals surface area contributed by atoms with Crippen LogP contribution in [0, 0.1) is 0 Å². The Kier molecular flexibility index (Phi) is 2.90. The van der Waals surface area contributed by atoms with Gasteiger partial charge in [-0.3, -0.25) is 9.59 Å². The highest BCUT2D eigenvalue weighted by Crippen LogP contribution is 2.19. The van der Waals surface area contributed by atoms with Gasteiger partial charge in [-0.05, 0) is 12.8 Å². The Hall–Kier alpha value is -1.10. The number of nitrogens with zero attached hydrogens (tertiary/aromatic N) is 1. The highest BCUT2D eigenvalue weighted by Gasteiger charge is 2.33. The summed E-state index contributed by atoms with van der Waals surface area (Å²) < 4.78 is 0. The summed E-state index contributed by atoms with van der Waals surface area (Å²) in [7, 11) is 0. The maximum Gasteiger partial charge on any atom is 0.244 e. The van der Waals surface area contributed by atoms with Gasteiger partial charge in [0.05, 0.1) is 0 Å². The molecule has 1 atom stereocenters. The first-order valence-electron chi connectivity index (χ1n) is 5.47. The zero-order valence-electron chi connectivity index (χ0n) is 8.95. The minimum Gasteiger partial charge on any atom is -0.352 e. The number of carbonyl (C=O) groups is 2. The van der Waals surface area contributed by atoms with Gasteiger partial charge < -0.3 is 15.5 Å².